The highest BCUT2D eigenvalue weighted by Crippen LogP contribution is 2.69. The highest BCUT2D eigenvalue weighted by Gasteiger charge is 2.71. The predicted octanol–water partition coefficient (Wildman–Crippen LogP) is 5.84. The molecule has 0 unspecified atom stereocenters. The van der Waals surface area contributed by atoms with Gasteiger partial charge in [-0.1, -0.05) is 59.8 Å². The van der Waals surface area contributed by atoms with E-state index in [1.165, 1.54) is 6.92 Å². The van der Waals surface area contributed by atoms with E-state index in [-0.39, 0.29) is 29.8 Å². The third kappa shape index (κ3) is 4.03. The first-order chi connectivity index (χ1) is 16.7. The quantitative estimate of drug-likeness (QED) is 0.353. The van der Waals surface area contributed by atoms with Gasteiger partial charge in [0.2, 0.25) is 0 Å². The number of hydrogen-bond donors (Lipinski definition) is 2. The molecule has 36 heavy (non-hydrogen) atoms. The lowest BCUT2D eigenvalue weighted by Gasteiger charge is -2.66. The average molecular weight is 503 g/mol. The van der Waals surface area contributed by atoms with Gasteiger partial charge < -0.3 is 19.7 Å². The van der Waals surface area contributed by atoms with Crippen molar-refractivity contribution in [1.82, 2.24) is 0 Å². The zero-order chi connectivity index (χ0) is 26.7. The van der Waals surface area contributed by atoms with Gasteiger partial charge in [-0.25, -0.2) is 0 Å². The fourth-order valence-corrected chi connectivity index (χ4v) is 8.67. The van der Waals surface area contributed by atoms with Gasteiger partial charge in [0.15, 0.2) is 0 Å². The molecule has 0 aromatic rings. The van der Waals surface area contributed by atoms with Gasteiger partial charge in [0.1, 0.15) is 17.8 Å². The molecular weight excluding hydrogens is 452 g/mol. The minimum absolute atomic E-state index is 0.113. The largest absolute Gasteiger partial charge is 0.462 e. The molecule has 0 aromatic heterocycles. The number of ether oxygens (including phenoxy) is 2. The molecule has 0 bridgehead atoms. The Morgan fingerprint density at radius 2 is 1.75 bits per heavy atom. The first-order valence-corrected chi connectivity index (χ1v) is 14.3. The van der Waals surface area contributed by atoms with Crippen LogP contribution in [0.4, 0.5) is 0 Å². The Hall–Kier alpha value is -1.17. The minimum Gasteiger partial charge on any atom is -0.462 e. The highest BCUT2D eigenvalue weighted by atomic mass is 16.5. The summed E-state index contributed by atoms with van der Waals surface area (Å²) in [5, 5.41) is 24.7. The van der Waals surface area contributed by atoms with Crippen molar-refractivity contribution < 1.29 is 24.5 Å². The maximum Gasteiger partial charge on any atom is 0.302 e. The number of aliphatic hydroxyl groups is 2. The molecule has 5 nitrogen and oxygen atoms in total. The molecule has 5 heteroatoms. The summed E-state index contributed by atoms with van der Waals surface area (Å²) in [6, 6.07) is 0. The Morgan fingerprint density at radius 3 is 2.36 bits per heavy atom. The van der Waals surface area contributed by atoms with E-state index in [1.807, 2.05) is 6.92 Å². The SMILES string of the molecule is CO[C@@H]1C=C2[C@@H]3CC[C@H]([C@H](C)/C=C/[C@H](C)C(C)C)[C@@]3(C)CC[C@]2(O)[C@@]2(C)CC[C@H](OC(C)=O)C[C@]12O. The molecule has 4 aliphatic carbocycles. The summed E-state index contributed by atoms with van der Waals surface area (Å²) in [6.45, 7) is 15.1. The number of rotatable bonds is 6. The number of carbonyl (C=O) groups excluding carboxylic acids is 1. The first-order valence-electron chi connectivity index (χ1n) is 14.3. The topological polar surface area (TPSA) is 76.0 Å². The summed E-state index contributed by atoms with van der Waals surface area (Å²) in [7, 11) is 1.64. The van der Waals surface area contributed by atoms with Gasteiger partial charge in [0, 0.05) is 25.9 Å². The highest BCUT2D eigenvalue weighted by molar-refractivity contribution is 5.66. The van der Waals surface area contributed by atoms with Gasteiger partial charge >= 0.3 is 5.97 Å². The number of allylic oxidation sites excluding steroid dienone is 2. The molecule has 0 saturated heterocycles. The van der Waals surface area contributed by atoms with E-state index in [1.54, 1.807) is 7.11 Å². The molecule has 4 rings (SSSR count). The van der Waals surface area contributed by atoms with E-state index in [9.17, 15) is 15.0 Å². The van der Waals surface area contributed by atoms with Crippen molar-refractivity contribution in [3.63, 3.8) is 0 Å². The lowest BCUT2D eigenvalue weighted by Crippen LogP contribution is -2.73. The van der Waals surface area contributed by atoms with Crippen molar-refractivity contribution in [1.29, 1.82) is 0 Å². The molecule has 3 fully saturated rings. The molecular formula is C31H50O5. The molecule has 0 spiro atoms. The van der Waals surface area contributed by atoms with Crippen LogP contribution < -0.4 is 0 Å². The lowest BCUT2D eigenvalue weighted by atomic mass is 9.43. The first kappa shape index (κ1) is 27.9. The molecule has 2 N–H and O–H groups in total. The van der Waals surface area contributed by atoms with Crippen LogP contribution >= 0.6 is 0 Å². The zero-order valence-electron chi connectivity index (χ0n) is 23.8. The second-order valence-corrected chi connectivity index (χ2v) is 13.5. The summed E-state index contributed by atoms with van der Waals surface area (Å²) >= 11 is 0. The van der Waals surface area contributed by atoms with Crippen LogP contribution in [0.25, 0.3) is 0 Å². The summed E-state index contributed by atoms with van der Waals surface area (Å²) in [5.74, 6) is 2.21. The maximum absolute atomic E-state index is 12.5. The fourth-order valence-electron chi connectivity index (χ4n) is 8.67. The van der Waals surface area contributed by atoms with Crippen LogP contribution in [0, 0.1) is 40.4 Å². The van der Waals surface area contributed by atoms with Crippen molar-refractivity contribution >= 4 is 5.97 Å². The van der Waals surface area contributed by atoms with Crippen molar-refractivity contribution in [2.45, 2.75) is 117 Å². The third-order valence-corrected chi connectivity index (χ3v) is 11.5. The zero-order valence-corrected chi connectivity index (χ0v) is 23.8. The number of carbonyl (C=O) groups is 1. The monoisotopic (exact) mass is 502 g/mol. The van der Waals surface area contributed by atoms with Crippen LogP contribution in [-0.2, 0) is 14.3 Å². The Bertz CT molecular complexity index is 909. The van der Waals surface area contributed by atoms with Crippen LogP contribution in [0.2, 0.25) is 0 Å². The Balaban J connectivity index is 1.67. The summed E-state index contributed by atoms with van der Waals surface area (Å²) < 4.78 is 11.5. The molecule has 204 valence electrons. The minimum atomic E-state index is -1.30. The number of hydrogen-bond acceptors (Lipinski definition) is 5. The van der Waals surface area contributed by atoms with E-state index in [0.29, 0.717) is 42.9 Å². The van der Waals surface area contributed by atoms with Crippen molar-refractivity contribution in [2.24, 2.45) is 40.4 Å². The third-order valence-electron chi connectivity index (χ3n) is 11.5. The Morgan fingerprint density at radius 1 is 1.06 bits per heavy atom. The van der Waals surface area contributed by atoms with Crippen LogP contribution in [0.1, 0.15) is 93.4 Å². The van der Waals surface area contributed by atoms with Gasteiger partial charge in [-0.15, -0.1) is 0 Å². The Kier molecular flexibility index (Phi) is 7.38. The lowest BCUT2D eigenvalue weighted by molar-refractivity contribution is -0.263. The predicted molar refractivity (Wildman–Crippen MR) is 142 cm³/mol. The van der Waals surface area contributed by atoms with Crippen LogP contribution in [0.5, 0.6) is 0 Å². The normalized spacial score (nSPS) is 46.0. The van der Waals surface area contributed by atoms with Crippen LogP contribution in [0.15, 0.2) is 23.8 Å². The molecule has 0 heterocycles. The second-order valence-electron chi connectivity index (χ2n) is 13.5. The van der Waals surface area contributed by atoms with Gasteiger partial charge in [0.25, 0.3) is 0 Å². The maximum atomic E-state index is 12.5. The van der Waals surface area contributed by atoms with E-state index >= 15 is 0 Å². The molecule has 3 saturated carbocycles. The second kappa shape index (κ2) is 9.54. The van der Waals surface area contributed by atoms with Gasteiger partial charge in [-0.2, -0.15) is 0 Å². The average Bonchev–Trinajstić information content (AvgIpc) is 3.15. The smallest absolute Gasteiger partial charge is 0.302 e. The molecule has 4 aliphatic rings. The van der Waals surface area contributed by atoms with E-state index in [0.717, 1.165) is 24.8 Å². The molecule has 0 radical (unpaired) electrons. The molecule has 0 aromatic carbocycles. The van der Waals surface area contributed by atoms with Crippen molar-refractivity contribution in [3.8, 4) is 0 Å². The van der Waals surface area contributed by atoms with Crippen molar-refractivity contribution in [2.75, 3.05) is 7.11 Å². The van der Waals surface area contributed by atoms with Gasteiger partial charge in [-0.05, 0) is 79.1 Å². The van der Waals surface area contributed by atoms with Gasteiger partial charge in [-0.3, -0.25) is 4.79 Å². The van der Waals surface area contributed by atoms with Crippen LogP contribution in [0.3, 0.4) is 0 Å². The summed E-state index contributed by atoms with van der Waals surface area (Å²) in [5.41, 5.74) is -1.94. The number of methoxy groups -OCH3 is 1. The molecule has 10 atom stereocenters. The van der Waals surface area contributed by atoms with Crippen LogP contribution in [-0.4, -0.2) is 46.7 Å². The van der Waals surface area contributed by atoms with Crippen molar-refractivity contribution in [3.05, 3.63) is 23.8 Å². The standard InChI is InChI=1S/C31H50O5/c1-19(2)20(3)9-10-21(4)24-11-12-25-26-17-27(35-8)31(34)18-23(36-22(5)32)13-14-29(31,7)30(26,33)16-15-28(24,25)6/h9-10,17,19-21,23-25,27,33-34H,11-16,18H2,1-8H3/b10-9+/t20-,21+,23-,24+,25-,27+,28+,29+,30+,31-/m0/s1. The fraction of sp³-hybridized carbons (Fsp3) is 0.839. The van der Waals surface area contributed by atoms with E-state index in [4.69, 9.17) is 9.47 Å². The number of esters is 1. The Labute approximate surface area is 218 Å². The summed E-state index contributed by atoms with van der Waals surface area (Å²) in [6.07, 6.45) is 11.3. The summed E-state index contributed by atoms with van der Waals surface area (Å²) in [4.78, 5) is 11.7. The number of fused-ring (bicyclic) bond motifs is 5. The van der Waals surface area contributed by atoms with E-state index < -0.39 is 22.7 Å². The molecule has 0 amide bonds. The molecule has 0 aliphatic heterocycles. The van der Waals surface area contributed by atoms with Gasteiger partial charge in [0.05, 0.1) is 5.60 Å². The van der Waals surface area contributed by atoms with E-state index in [2.05, 4.69) is 52.8 Å².